The first kappa shape index (κ1) is 15.7. The van der Waals surface area contributed by atoms with Gasteiger partial charge in [-0.3, -0.25) is 9.59 Å². The number of nitrogens with one attached hydrogen (secondary N) is 1. The molecule has 0 fully saturated rings. The van der Waals surface area contributed by atoms with Gasteiger partial charge < -0.3 is 15.8 Å². The van der Waals surface area contributed by atoms with Crippen LogP contribution in [-0.2, 0) is 11.2 Å². The third-order valence-corrected chi connectivity index (χ3v) is 3.20. The Kier molecular flexibility index (Phi) is 5.27. The van der Waals surface area contributed by atoms with Crippen molar-refractivity contribution in [3.63, 3.8) is 0 Å². The molecule has 0 radical (unpaired) electrons. The molecule has 0 aromatic heterocycles. The highest BCUT2D eigenvalue weighted by Crippen LogP contribution is 2.13. The van der Waals surface area contributed by atoms with Crippen LogP contribution in [0.5, 0.6) is 5.75 Å². The number of ketones is 1. The number of rotatable bonds is 6. The molecule has 0 saturated heterocycles. The smallest absolute Gasteiger partial charge is 0.228 e. The minimum atomic E-state index is -0.129. The highest BCUT2D eigenvalue weighted by Gasteiger charge is 2.06. The minimum absolute atomic E-state index is 0.0246. The van der Waals surface area contributed by atoms with Crippen LogP contribution in [0.4, 0.5) is 5.69 Å². The van der Waals surface area contributed by atoms with Gasteiger partial charge in [0, 0.05) is 11.3 Å². The monoisotopic (exact) mass is 298 g/mol. The number of amides is 1. The van der Waals surface area contributed by atoms with Crippen molar-refractivity contribution in [2.45, 2.75) is 6.42 Å². The summed E-state index contributed by atoms with van der Waals surface area (Å²) in [5.41, 5.74) is 7.38. The number of methoxy groups -OCH3 is 1. The lowest BCUT2D eigenvalue weighted by atomic mass is 10.1. The van der Waals surface area contributed by atoms with E-state index in [1.165, 1.54) is 0 Å². The molecule has 0 aliphatic rings. The number of hydrogen-bond donors (Lipinski definition) is 2. The van der Waals surface area contributed by atoms with E-state index in [0.29, 0.717) is 11.3 Å². The number of anilines is 1. The van der Waals surface area contributed by atoms with Crippen molar-refractivity contribution >= 4 is 17.4 Å². The predicted molar refractivity (Wildman–Crippen MR) is 85.2 cm³/mol. The molecule has 5 nitrogen and oxygen atoms in total. The van der Waals surface area contributed by atoms with Gasteiger partial charge in [-0.25, -0.2) is 0 Å². The van der Waals surface area contributed by atoms with Crippen molar-refractivity contribution in [3.8, 4) is 5.75 Å². The van der Waals surface area contributed by atoms with Crippen LogP contribution < -0.4 is 15.8 Å². The van der Waals surface area contributed by atoms with Gasteiger partial charge in [-0.05, 0) is 42.0 Å². The van der Waals surface area contributed by atoms with E-state index in [0.717, 1.165) is 11.3 Å². The standard InChI is InChI=1S/C17H18N2O3/c1-22-15-8-2-12(3-9-15)10-17(21)19-14-6-4-13(5-7-14)16(20)11-18/h2-9H,10-11,18H2,1H3,(H,19,21). The lowest BCUT2D eigenvalue weighted by Gasteiger charge is -2.07. The second kappa shape index (κ2) is 7.38. The molecule has 0 heterocycles. The molecule has 0 saturated carbocycles. The maximum Gasteiger partial charge on any atom is 0.228 e. The first-order valence-corrected chi connectivity index (χ1v) is 6.88. The van der Waals surface area contributed by atoms with E-state index in [9.17, 15) is 9.59 Å². The summed E-state index contributed by atoms with van der Waals surface area (Å²) in [5, 5.41) is 2.79. The van der Waals surface area contributed by atoms with E-state index < -0.39 is 0 Å². The Hall–Kier alpha value is -2.66. The third kappa shape index (κ3) is 4.17. The molecule has 3 N–H and O–H groups in total. The molecule has 0 unspecified atom stereocenters. The molecule has 114 valence electrons. The van der Waals surface area contributed by atoms with Crippen molar-refractivity contribution in [2.24, 2.45) is 5.73 Å². The largest absolute Gasteiger partial charge is 0.497 e. The summed E-state index contributed by atoms with van der Waals surface area (Å²) in [7, 11) is 1.60. The van der Waals surface area contributed by atoms with Crippen LogP contribution in [0.2, 0.25) is 0 Å². The van der Waals surface area contributed by atoms with Crippen LogP contribution >= 0.6 is 0 Å². The number of ether oxygens (including phenoxy) is 1. The van der Waals surface area contributed by atoms with Gasteiger partial charge in [0.25, 0.3) is 0 Å². The molecule has 22 heavy (non-hydrogen) atoms. The summed E-state index contributed by atoms with van der Waals surface area (Å²) < 4.78 is 5.07. The van der Waals surface area contributed by atoms with Crippen LogP contribution in [-0.4, -0.2) is 25.3 Å². The average Bonchev–Trinajstić information content (AvgIpc) is 2.55. The van der Waals surface area contributed by atoms with E-state index in [2.05, 4.69) is 5.32 Å². The van der Waals surface area contributed by atoms with Crippen molar-refractivity contribution in [3.05, 3.63) is 59.7 Å². The van der Waals surface area contributed by atoms with Gasteiger partial charge in [-0.15, -0.1) is 0 Å². The number of nitrogens with two attached hydrogens (primary N) is 1. The lowest BCUT2D eigenvalue weighted by molar-refractivity contribution is -0.115. The van der Waals surface area contributed by atoms with E-state index in [4.69, 9.17) is 10.5 Å². The molecule has 1 amide bonds. The molecule has 2 aromatic rings. The van der Waals surface area contributed by atoms with E-state index in [-0.39, 0.29) is 24.7 Å². The van der Waals surface area contributed by atoms with Crippen LogP contribution in [0.3, 0.4) is 0 Å². The Morgan fingerprint density at radius 2 is 1.68 bits per heavy atom. The SMILES string of the molecule is COc1ccc(CC(=O)Nc2ccc(C(=O)CN)cc2)cc1. The Morgan fingerprint density at radius 3 is 2.23 bits per heavy atom. The first-order valence-electron chi connectivity index (χ1n) is 6.88. The summed E-state index contributed by atoms with van der Waals surface area (Å²) in [6.07, 6.45) is 0.271. The van der Waals surface area contributed by atoms with E-state index in [1.54, 1.807) is 31.4 Å². The zero-order valence-electron chi connectivity index (χ0n) is 12.3. The number of carbonyl (C=O) groups excluding carboxylic acids is 2. The highest BCUT2D eigenvalue weighted by molar-refractivity contribution is 5.98. The molecule has 0 spiro atoms. The Morgan fingerprint density at radius 1 is 1.05 bits per heavy atom. The van der Waals surface area contributed by atoms with Crippen LogP contribution in [0.1, 0.15) is 15.9 Å². The summed E-state index contributed by atoms with van der Waals surface area (Å²) in [4.78, 5) is 23.4. The van der Waals surface area contributed by atoms with Gasteiger partial charge in [-0.1, -0.05) is 12.1 Å². The van der Waals surface area contributed by atoms with E-state index >= 15 is 0 Å². The number of carbonyl (C=O) groups is 2. The van der Waals surface area contributed by atoms with Crippen LogP contribution in [0, 0.1) is 0 Å². The Bertz CT molecular complexity index is 649. The van der Waals surface area contributed by atoms with Gasteiger partial charge in [0.1, 0.15) is 5.75 Å². The van der Waals surface area contributed by atoms with Crippen LogP contribution in [0.25, 0.3) is 0 Å². The molecule has 0 aliphatic heterocycles. The minimum Gasteiger partial charge on any atom is -0.497 e. The maximum absolute atomic E-state index is 12.0. The summed E-state index contributed by atoms with van der Waals surface area (Å²) in [5.74, 6) is 0.503. The van der Waals surface area contributed by atoms with Crippen LogP contribution in [0.15, 0.2) is 48.5 Å². The number of benzene rings is 2. The predicted octanol–water partition coefficient (Wildman–Crippen LogP) is 2.02. The van der Waals surface area contributed by atoms with Gasteiger partial charge in [-0.2, -0.15) is 0 Å². The number of hydrogen-bond acceptors (Lipinski definition) is 4. The second-order valence-corrected chi connectivity index (χ2v) is 4.78. The molecule has 0 atom stereocenters. The zero-order chi connectivity index (χ0) is 15.9. The Labute approximate surface area is 129 Å². The fourth-order valence-electron chi connectivity index (χ4n) is 1.99. The average molecular weight is 298 g/mol. The van der Waals surface area contributed by atoms with Gasteiger partial charge in [0.05, 0.1) is 20.1 Å². The number of Topliss-reactive ketones (excluding diaryl/α,β-unsaturated/α-hetero) is 1. The van der Waals surface area contributed by atoms with Crippen molar-refractivity contribution in [2.75, 3.05) is 19.0 Å². The Balaban J connectivity index is 1.94. The molecule has 2 aromatic carbocycles. The normalized spacial score (nSPS) is 10.1. The van der Waals surface area contributed by atoms with Crippen molar-refractivity contribution < 1.29 is 14.3 Å². The first-order chi connectivity index (χ1) is 10.6. The molecule has 5 heteroatoms. The maximum atomic E-state index is 12.0. The molecule has 2 rings (SSSR count). The molecule has 0 bridgehead atoms. The zero-order valence-corrected chi connectivity index (χ0v) is 12.3. The fourth-order valence-corrected chi connectivity index (χ4v) is 1.99. The fraction of sp³-hybridized carbons (Fsp3) is 0.176. The topological polar surface area (TPSA) is 81.4 Å². The molecular weight excluding hydrogens is 280 g/mol. The van der Waals surface area contributed by atoms with Crippen molar-refractivity contribution in [1.82, 2.24) is 0 Å². The molecular formula is C17H18N2O3. The van der Waals surface area contributed by atoms with Gasteiger partial charge in [0.2, 0.25) is 5.91 Å². The van der Waals surface area contributed by atoms with E-state index in [1.807, 2.05) is 24.3 Å². The third-order valence-electron chi connectivity index (χ3n) is 3.20. The molecule has 0 aliphatic carbocycles. The van der Waals surface area contributed by atoms with Crippen molar-refractivity contribution in [1.29, 1.82) is 0 Å². The summed E-state index contributed by atoms with van der Waals surface area (Å²) in [6, 6.07) is 14.0. The quantitative estimate of drug-likeness (QED) is 0.799. The lowest BCUT2D eigenvalue weighted by Crippen LogP contribution is -2.15. The highest BCUT2D eigenvalue weighted by atomic mass is 16.5. The summed E-state index contributed by atoms with van der Waals surface area (Å²) in [6.45, 7) is -0.0246. The second-order valence-electron chi connectivity index (χ2n) is 4.78. The summed E-state index contributed by atoms with van der Waals surface area (Å²) >= 11 is 0. The van der Waals surface area contributed by atoms with Gasteiger partial charge in [0.15, 0.2) is 5.78 Å². The van der Waals surface area contributed by atoms with Gasteiger partial charge >= 0.3 is 0 Å².